The van der Waals surface area contributed by atoms with E-state index < -0.39 is 11.9 Å². The fourth-order valence-corrected chi connectivity index (χ4v) is 2.68. The summed E-state index contributed by atoms with van der Waals surface area (Å²) in [6.45, 7) is 0. The summed E-state index contributed by atoms with van der Waals surface area (Å²) in [5, 5.41) is 12.0. The molecule has 2 heterocycles. The maximum absolute atomic E-state index is 12.9. The standard InChI is InChI=1S/C13H14F3N5O2/c1-17-10(22)5-9-18-12(23-21-9)6-2-3-8-7(4-6)11(20-19-8)13(14,15)16/h6H,2-5H2,1H3,(H,17,22)(H,19,20). The molecule has 23 heavy (non-hydrogen) atoms. The van der Waals surface area contributed by atoms with Gasteiger partial charge >= 0.3 is 6.18 Å². The van der Waals surface area contributed by atoms with E-state index in [4.69, 9.17) is 4.52 Å². The SMILES string of the molecule is CNC(=O)Cc1noc(C2CCc3[nH]nc(C(F)(F)F)c3C2)n1. The van der Waals surface area contributed by atoms with E-state index >= 15 is 0 Å². The van der Waals surface area contributed by atoms with Crippen LogP contribution in [-0.4, -0.2) is 33.3 Å². The van der Waals surface area contributed by atoms with Gasteiger partial charge in [0.25, 0.3) is 0 Å². The summed E-state index contributed by atoms with van der Waals surface area (Å²) >= 11 is 0. The Kier molecular flexibility index (Phi) is 3.82. The monoisotopic (exact) mass is 329 g/mol. The number of carbonyl (C=O) groups is 1. The van der Waals surface area contributed by atoms with Crippen molar-refractivity contribution in [2.24, 2.45) is 0 Å². The van der Waals surface area contributed by atoms with Crippen molar-refractivity contribution in [3.8, 4) is 0 Å². The summed E-state index contributed by atoms with van der Waals surface area (Å²) in [6.07, 6.45) is -3.39. The van der Waals surface area contributed by atoms with Gasteiger partial charge in [0.2, 0.25) is 11.8 Å². The Hall–Kier alpha value is -2.39. The lowest BCUT2D eigenvalue weighted by Gasteiger charge is -2.19. The lowest BCUT2D eigenvalue weighted by Crippen LogP contribution is -2.20. The van der Waals surface area contributed by atoms with Gasteiger partial charge in [-0.2, -0.15) is 23.3 Å². The molecule has 0 saturated heterocycles. The number of H-pyrrole nitrogens is 1. The van der Waals surface area contributed by atoms with Crippen molar-refractivity contribution in [1.82, 2.24) is 25.7 Å². The summed E-state index contributed by atoms with van der Waals surface area (Å²) < 4.78 is 44.0. The van der Waals surface area contributed by atoms with Gasteiger partial charge in [-0.3, -0.25) is 9.89 Å². The minimum absolute atomic E-state index is 0.0303. The summed E-state index contributed by atoms with van der Waals surface area (Å²) in [7, 11) is 1.49. The van der Waals surface area contributed by atoms with Crippen LogP contribution >= 0.6 is 0 Å². The average Bonchev–Trinajstić information content (AvgIpc) is 3.12. The molecule has 7 nitrogen and oxygen atoms in total. The third kappa shape index (κ3) is 3.06. The van der Waals surface area contributed by atoms with Crippen molar-refractivity contribution in [2.75, 3.05) is 7.05 Å². The molecule has 2 aromatic rings. The molecule has 3 rings (SSSR count). The van der Waals surface area contributed by atoms with Crippen LogP contribution in [0.25, 0.3) is 0 Å². The van der Waals surface area contributed by atoms with Crippen LogP contribution in [0, 0.1) is 0 Å². The van der Waals surface area contributed by atoms with Crippen LogP contribution in [0.4, 0.5) is 13.2 Å². The average molecular weight is 329 g/mol. The molecule has 0 aromatic carbocycles. The fraction of sp³-hybridized carbons (Fsp3) is 0.538. The molecule has 1 amide bonds. The van der Waals surface area contributed by atoms with Crippen LogP contribution in [-0.2, 0) is 30.2 Å². The molecule has 0 saturated carbocycles. The molecule has 1 atom stereocenters. The molecule has 0 fully saturated rings. The van der Waals surface area contributed by atoms with Gasteiger partial charge in [-0.25, -0.2) is 0 Å². The highest BCUT2D eigenvalue weighted by Crippen LogP contribution is 2.38. The largest absolute Gasteiger partial charge is 0.435 e. The van der Waals surface area contributed by atoms with Crippen LogP contribution in [0.1, 0.15) is 41.0 Å². The Labute approximate surface area is 128 Å². The lowest BCUT2D eigenvalue weighted by molar-refractivity contribution is -0.141. The lowest BCUT2D eigenvalue weighted by atomic mass is 9.86. The number of hydrogen-bond acceptors (Lipinski definition) is 5. The second-order valence-electron chi connectivity index (χ2n) is 5.37. The van der Waals surface area contributed by atoms with E-state index in [1.807, 2.05) is 0 Å². The first-order valence-corrected chi connectivity index (χ1v) is 7.05. The number of nitrogens with zero attached hydrogens (tertiary/aromatic N) is 3. The quantitative estimate of drug-likeness (QED) is 0.886. The van der Waals surface area contributed by atoms with Crippen molar-refractivity contribution < 1.29 is 22.5 Å². The van der Waals surface area contributed by atoms with Crippen LogP contribution in [0.3, 0.4) is 0 Å². The van der Waals surface area contributed by atoms with Gasteiger partial charge < -0.3 is 9.84 Å². The molecule has 0 bridgehead atoms. The second-order valence-corrected chi connectivity index (χ2v) is 5.37. The van der Waals surface area contributed by atoms with Crippen LogP contribution in [0.2, 0.25) is 0 Å². The number of hydrogen-bond donors (Lipinski definition) is 2. The molecule has 0 radical (unpaired) electrons. The van der Waals surface area contributed by atoms with Gasteiger partial charge in [0, 0.05) is 24.2 Å². The molecule has 1 aliphatic rings. The highest BCUT2D eigenvalue weighted by molar-refractivity contribution is 5.77. The van der Waals surface area contributed by atoms with E-state index in [1.165, 1.54) is 7.05 Å². The summed E-state index contributed by atoms with van der Waals surface area (Å²) in [4.78, 5) is 15.4. The number of nitrogens with one attached hydrogen (secondary N) is 2. The first kappa shape index (κ1) is 15.5. The topological polar surface area (TPSA) is 96.7 Å². The zero-order valence-corrected chi connectivity index (χ0v) is 12.2. The highest BCUT2D eigenvalue weighted by Gasteiger charge is 2.40. The van der Waals surface area contributed by atoms with E-state index in [0.717, 1.165) is 0 Å². The first-order valence-electron chi connectivity index (χ1n) is 7.05. The highest BCUT2D eigenvalue weighted by atomic mass is 19.4. The van der Waals surface area contributed by atoms with Crippen molar-refractivity contribution in [2.45, 2.75) is 37.8 Å². The van der Waals surface area contributed by atoms with Gasteiger partial charge in [0.15, 0.2) is 11.5 Å². The Morgan fingerprint density at radius 1 is 1.48 bits per heavy atom. The smallest absolute Gasteiger partial charge is 0.359 e. The third-order valence-corrected chi connectivity index (χ3v) is 3.85. The van der Waals surface area contributed by atoms with Crippen molar-refractivity contribution in [1.29, 1.82) is 0 Å². The number of aryl methyl sites for hydroxylation is 1. The summed E-state index contributed by atoms with van der Waals surface area (Å²) in [5.41, 5.74) is -0.235. The number of fused-ring (bicyclic) bond motifs is 1. The number of carbonyl (C=O) groups excluding carboxylic acids is 1. The Balaban J connectivity index is 1.79. The fourth-order valence-electron chi connectivity index (χ4n) is 2.68. The van der Waals surface area contributed by atoms with Crippen molar-refractivity contribution in [3.63, 3.8) is 0 Å². The van der Waals surface area contributed by atoms with E-state index in [2.05, 4.69) is 25.7 Å². The van der Waals surface area contributed by atoms with Crippen molar-refractivity contribution in [3.05, 3.63) is 28.7 Å². The number of rotatable bonds is 3. The van der Waals surface area contributed by atoms with Gasteiger partial charge in [0.05, 0.1) is 6.42 Å². The third-order valence-electron chi connectivity index (χ3n) is 3.85. The van der Waals surface area contributed by atoms with Gasteiger partial charge in [0.1, 0.15) is 0 Å². The first-order chi connectivity index (χ1) is 10.9. The molecule has 124 valence electrons. The van der Waals surface area contributed by atoms with Crippen molar-refractivity contribution >= 4 is 5.91 Å². The minimum Gasteiger partial charge on any atom is -0.359 e. The second kappa shape index (κ2) is 5.67. The number of likely N-dealkylation sites (N-methyl/N-ethyl adjacent to an activating group) is 1. The number of alkyl halides is 3. The predicted molar refractivity (Wildman–Crippen MR) is 70.4 cm³/mol. The molecule has 1 unspecified atom stereocenters. The zero-order chi connectivity index (χ0) is 16.6. The minimum atomic E-state index is -4.49. The molecule has 0 spiro atoms. The summed E-state index contributed by atoms with van der Waals surface area (Å²) in [5.74, 6) is -0.109. The van der Waals surface area contributed by atoms with E-state index in [-0.39, 0.29) is 41.9 Å². The van der Waals surface area contributed by atoms with E-state index in [0.29, 0.717) is 18.5 Å². The molecule has 2 N–H and O–H groups in total. The van der Waals surface area contributed by atoms with Crippen LogP contribution in [0.5, 0.6) is 0 Å². The Morgan fingerprint density at radius 2 is 2.26 bits per heavy atom. The number of amides is 1. The normalized spacial score (nSPS) is 17.8. The molecule has 10 heteroatoms. The van der Waals surface area contributed by atoms with Gasteiger partial charge in [-0.05, 0) is 19.3 Å². The number of aromatic nitrogens is 4. The molecule has 2 aromatic heterocycles. The predicted octanol–water partition coefficient (Wildman–Crippen LogP) is 1.37. The summed E-state index contributed by atoms with van der Waals surface area (Å²) in [6, 6.07) is 0. The maximum Gasteiger partial charge on any atom is 0.435 e. The van der Waals surface area contributed by atoms with Gasteiger partial charge in [-0.15, -0.1) is 0 Å². The van der Waals surface area contributed by atoms with Crippen LogP contribution in [0.15, 0.2) is 4.52 Å². The molecule has 1 aliphatic carbocycles. The van der Waals surface area contributed by atoms with Gasteiger partial charge in [-0.1, -0.05) is 5.16 Å². The Morgan fingerprint density at radius 3 is 2.96 bits per heavy atom. The van der Waals surface area contributed by atoms with E-state index in [1.54, 1.807) is 0 Å². The number of aromatic amines is 1. The maximum atomic E-state index is 12.9. The Bertz CT molecular complexity index is 722. The molecular weight excluding hydrogens is 315 g/mol. The van der Waals surface area contributed by atoms with E-state index in [9.17, 15) is 18.0 Å². The molecular formula is C13H14F3N5O2. The molecule has 0 aliphatic heterocycles. The van der Waals surface area contributed by atoms with Crippen LogP contribution < -0.4 is 5.32 Å². The number of halogens is 3. The zero-order valence-electron chi connectivity index (χ0n) is 12.2.